The second-order valence-corrected chi connectivity index (χ2v) is 6.90. The van der Waals surface area contributed by atoms with Crippen molar-refractivity contribution in [2.45, 2.75) is 13.8 Å². The Labute approximate surface area is 160 Å². The molecular formula is C20H19BrN4O. The van der Waals surface area contributed by atoms with E-state index >= 15 is 0 Å². The summed E-state index contributed by atoms with van der Waals surface area (Å²) >= 11 is 3.43. The van der Waals surface area contributed by atoms with Crippen LogP contribution in [0.1, 0.15) is 16.8 Å². The minimum atomic E-state index is -0.381. The van der Waals surface area contributed by atoms with Gasteiger partial charge in [-0.25, -0.2) is 10.2 Å². The molecule has 3 aromatic rings. The van der Waals surface area contributed by atoms with Crippen LogP contribution in [0.4, 0.5) is 10.5 Å². The van der Waals surface area contributed by atoms with Gasteiger partial charge >= 0.3 is 6.03 Å². The third-order valence-corrected chi connectivity index (χ3v) is 4.26. The van der Waals surface area contributed by atoms with Gasteiger partial charge < -0.3 is 9.88 Å². The predicted molar refractivity (Wildman–Crippen MR) is 109 cm³/mol. The maximum atomic E-state index is 12.0. The first-order valence-corrected chi connectivity index (χ1v) is 8.92. The zero-order chi connectivity index (χ0) is 18.5. The molecule has 0 aliphatic carbocycles. The van der Waals surface area contributed by atoms with E-state index in [0.717, 1.165) is 32.7 Å². The summed E-state index contributed by atoms with van der Waals surface area (Å²) in [6, 6.07) is 17.3. The number of nitrogens with one attached hydrogen (secondary N) is 2. The molecule has 0 bridgehead atoms. The molecule has 2 N–H and O–H groups in total. The van der Waals surface area contributed by atoms with Crippen molar-refractivity contribution < 1.29 is 4.79 Å². The lowest BCUT2D eigenvalue weighted by molar-refractivity contribution is 0.252. The molecule has 0 spiro atoms. The molecule has 0 atom stereocenters. The summed E-state index contributed by atoms with van der Waals surface area (Å²) in [5, 5.41) is 6.82. The molecule has 1 heterocycles. The van der Waals surface area contributed by atoms with Crippen LogP contribution in [0.25, 0.3) is 5.69 Å². The van der Waals surface area contributed by atoms with Crippen molar-refractivity contribution in [3.8, 4) is 5.69 Å². The lowest BCUT2D eigenvalue weighted by Gasteiger charge is -2.07. The number of hydrogen-bond donors (Lipinski definition) is 2. The molecular weight excluding hydrogens is 392 g/mol. The van der Waals surface area contributed by atoms with Crippen LogP contribution in [0.5, 0.6) is 0 Å². The number of urea groups is 1. The molecule has 6 heteroatoms. The number of amides is 2. The van der Waals surface area contributed by atoms with Gasteiger partial charge in [-0.15, -0.1) is 0 Å². The van der Waals surface area contributed by atoms with Crippen molar-refractivity contribution in [2.75, 3.05) is 5.32 Å². The van der Waals surface area contributed by atoms with Crippen LogP contribution < -0.4 is 10.7 Å². The first-order valence-electron chi connectivity index (χ1n) is 8.13. The van der Waals surface area contributed by atoms with Crippen molar-refractivity contribution >= 4 is 33.9 Å². The van der Waals surface area contributed by atoms with E-state index in [4.69, 9.17) is 0 Å². The molecule has 1 aromatic heterocycles. The Balaban J connectivity index is 1.65. The topological polar surface area (TPSA) is 58.4 Å². The Bertz CT molecular complexity index is 924. The van der Waals surface area contributed by atoms with Crippen LogP contribution in [0.2, 0.25) is 0 Å². The van der Waals surface area contributed by atoms with Gasteiger partial charge in [0.25, 0.3) is 0 Å². The van der Waals surface area contributed by atoms with Crippen molar-refractivity contribution in [1.29, 1.82) is 0 Å². The number of hydrazone groups is 1. The summed E-state index contributed by atoms with van der Waals surface area (Å²) in [7, 11) is 0. The summed E-state index contributed by atoms with van der Waals surface area (Å²) in [6.07, 6.45) is 3.56. The van der Waals surface area contributed by atoms with Gasteiger partial charge in [0.1, 0.15) is 0 Å². The third kappa shape index (κ3) is 4.61. The van der Waals surface area contributed by atoms with Crippen molar-refractivity contribution in [2.24, 2.45) is 5.10 Å². The number of hydrogen-bond acceptors (Lipinski definition) is 2. The summed E-state index contributed by atoms with van der Waals surface area (Å²) in [5.41, 5.74) is 7.30. The molecule has 132 valence electrons. The zero-order valence-electron chi connectivity index (χ0n) is 14.5. The summed E-state index contributed by atoms with van der Waals surface area (Å²) in [4.78, 5) is 12.0. The molecule has 26 heavy (non-hydrogen) atoms. The second-order valence-electron chi connectivity index (χ2n) is 5.98. The van der Waals surface area contributed by atoms with E-state index < -0.39 is 0 Å². The fraction of sp³-hybridized carbons (Fsp3) is 0.100. The van der Waals surface area contributed by atoms with Gasteiger partial charge in [0.15, 0.2) is 0 Å². The molecule has 5 nitrogen and oxygen atoms in total. The number of rotatable bonds is 4. The Morgan fingerprint density at radius 3 is 2.46 bits per heavy atom. The van der Waals surface area contributed by atoms with Crippen LogP contribution in [-0.4, -0.2) is 16.8 Å². The average Bonchev–Trinajstić information content (AvgIpc) is 3.03. The van der Waals surface area contributed by atoms with Crippen LogP contribution in [0.15, 0.2) is 70.4 Å². The standard InChI is InChI=1S/C20H19BrN4O/c1-14-10-15(2)12-17(11-14)23-20(26)24-22-13-19-4-3-9-25(19)18-7-5-16(21)6-8-18/h3-13H,1-2H3,(H2,23,24,26)/b22-13+. The maximum absolute atomic E-state index is 12.0. The number of nitrogens with zero attached hydrogens (tertiary/aromatic N) is 2. The Hall–Kier alpha value is -2.86. The monoisotopic (exact) mass is 410 g/mol. The van der Waals surface area contributed by atoms with E-state index in [-0.39, 0.29) is 6.03 Å². The molecule has 0 aliphatic heterocycles. The number of benzene rings is 2. The minimum Gasteiger partial charge on any atom is -0.316 e. The van der Waals surface area contributed by atoms with Crippen LogP contribution in [-0.2, 0) is 0 Å². The highest BCUT2D eigenvalue weighted by molar-refractivity contribution is 9.10. The smallest absolute Gasteiger partial charge is 0.316 e. The average molecular weight is 411 g/mol. The third-order valence-electron chi connectivity index (χ3n) is 3.73. The minimum absolute atomic E-state index is 0.381. The van der Waals surface area contributed by atoms with Crippen molar-refractivity contribution in [3.63, 3.8) is 0 Å². The SMILES string of the molecule is Cc1cc(C)cc(NC(=O)N/N=C/c2cccn2-c2ccc(Br)cc2)c1. The van der Waals surface area contributed by atoms with Crippen LogP contribution >= 0.6 is 15.9 Å². The van der Waals surface area contributed by atoms with E-state index in [1.165, 1.54) is 0 Å². The molecule has 0 saturated carbocycles. The lowest BCUT2D eigenvalue weighted by atomic mass is 10.1. The highest BCUT2D eigenvalue weighted by atomic mass is 79.9. The van der Waals surface area contributed by atoms with Crippen molar-refractivity contribution in [3.05, 3.63) is 82.1 Å². The number of carbonyl (C=O) groups excluding carboxylic acids is 1. The van der Waals surface area contributed by atoms with Crippen LogP contribution in [0.3, 0.4) is 0 Å². The van der Waals surface area contributed by atoms with E-state index in [0.29, 0.717) is 0 Å². The van der Waals surface area contributed by atoms with Gasteiger partial charge in [-0.05, 0) is 73.5 Å². The van der Waals surface area contributed by atoms with Gasteiger partial charge in [0.05, 0.1) is 11.9 Å². The largest absolute Gasteiger partial charge is 0.339 e. The van der Waals surface area contributed by atoms with E-state index in [1.54, 1.807) is 6.21 Å². The predicted octanol–water partition coefficient (Wildman–Crippen LogP) is 5.01. The van der Waals surface area contributed by atoms with E-state index in [1.807, 2.05) is 73.1 Å². The van der Waals surface area contributed by atoms with Gasteiger partial charge in [-0.1, -0.05) is 22.0 Å². The Kier molecular flexibility index (Phi) is 5.53. The van der Waals surface area contributed by atoms with E-state index in [9.17, 15) is 4.79 Å². The fourth-order valence-corrected chi connectivity index (χ4v) is 2.96. The summed E-state index contributed by atoms with van der Waals surface area (Å²) < 4.78 is 3.01. The molecule has 0 fully saturated rings. The van der Waals surface area contributed by atoms with Crippen LogP contribution in [0, 0.1) is 13.8 Å². The normalized spacial score (nSPS) is 10.9. The number of carbonyl (C=O) groups is 1. The van der Waals surface area contributed by atoms with Gasteiger partial charge in [0, 0.05) is 22.0 Å². The van der Waals surface area contributed by atoms with E-state index in [2.05, 4.69) is 37.8 Å². The molecule has 0 radical (unpaired) electrons. The highest BCUT2D eigenvalue weighted by Gasteiger charge is 2.03. The summed E-state index contributed by atoms with van der Waals surface area (Å²) in [6.45, 7) is 3.98. The zero-order valence-corrected chi connectivity index (χ0v) is 16.1. The molecule has 2 amide bonds. The first-order chi connectivity index (χ1) is 12.5. The van der Waals surface area contributed by atoms with Crippen molar-refractivity contribution in [1.82, 2.24) is 9.99 Å². The first kappa shape index (κ1) is 17.9. The second kappa shape index (κ2) is 8.01. The lowest BCUT2D eigenvalue weighted by Crippen LogP contribution is -2.24. The molecule has 0 saturated heterocycles. The number of aryl methyl sites for hydroxylation is 2. The Morgan fingerprint density at radius 2 is 1.77 bits per heavy atom. The molecule has 0 unspecified atom stereocenters. The molecule has 0 aliphatic rings. The maximum Gasteiger partial charge on any atom is 0.339 e. The Morgan fingerprint density at radius 1 is 1.08 bits per heavy atom. The highest BCUT2D eigenvalue weighted by Crippen LogP contribution is 2.16. The number of halogens is 1. The summed E-state index contributed by atoms with van der Waals surface area (Å²) in [5.74, 6) is 0. The molecule has 2 aromatic carbocycles. The quantitative estimate of drug-likeness (QED) is 0.460. The van der Waals surface area contributed by atoms with Gasteiger partial charge in [-0.3, -0.25) is 0 Å². The fourth-order valence-electron chi connectivity index (χ4n) is 2.70. The molecule has 3 rings (SSSR count). The van der Waals surface area contributed by atoms with Gasteiger partial charge in [-0.2, -0.15) is 5.10 Å². The van der Waals surface area contributed by atoms with Gasteiger partial charge in [0.2, 0.25) is 0 Å². The number of anilines is 1. The number of aromatic nitrogens is 1.